The molecule has 0 amide bonds. The number of nitrogens with one attached hydrogen (secondary N) is 1. The average Bonchev–Trinajstić information content (AvgIpc) is 2.43. The predicted molar refractivity (Wildman–Crippen MR) is 86.7 cm³/mol. The Morgan fingerprint density at radius 3 is 2.48 bits per heavy atom. The highest BCUT2D eigenvalue weighted by molar-refractivity contribution is 5.47. The largest absolute Gasteiger partial charge is 0.370 e. The van der Waals surface area contributed by atoms with E-state index >= 15 is 0 Å². The Labute approximate surface area is 127 Å². The molecule has 2 aromatic heterocycles. The summed E-state index contributed by atoms with van der Waals surface area (Å²) in [5.74, 6) is 1.80. The highest BCUT2D eigenvalue weighted by Crippen LogP contribution is 2.24. The molecular formula is C17H24N4. The van der Waals surface area contributed by atoms with Crippen molar-refractivity contribution in [3.63, 3.8) is 0 Å². The Balaban J connectivity index is 2.45. The number of pyridine rings is 1. The fourth-order valence-electron chi connectivity index (χ4n) is 2.08. The van der Waals surface area contributed by atoms with E-state index in [1.165, 1.54) is 0 Å². The van der Waals surface area contributed by atoms with Gasteiger partial charge in [0.15, 0.2) is 0 Å². The van der Waals surface area contributed by atoms with Gasteiger partial charge in [-0.3, -0.25) is 4.98 Å². The van der Waals surface area contributed by atoms with Gasteiger partial charge in [-0.1, -0.05) is 26.8 Å². The van der Waals surface area contributed by atoms with Gasteiger partial charge in [0.05, 0.1) is 5.69 Å². The van der Waals surface area contributed by atoms with Crippen LogP contribution in [0.1, 0.15) is 50.5 Å². The van der Waals surface area contributed by atoms with Gasteiger partial charge in [-0.25, -0.2) is 9.97 Å². The summed E-state index contributed by atoms with van der Waals surface area (Å²) in [4.78, 5) is 13.9. The zero-order valence-corrected chi connectivity index (χ0v) is 13.6. The highest BCUT2D eigenvalue weighted by atomic mass is 15.0. The van der Waals surface area contributed by atoms with Gasteiger partial charge >= 0.3 is 0 Å². The van der Waals surface area contributed by atoms with Crippen molar-refractivity contribution in [1.82, 2.24) is 15.0 Å². The molecule has 21 heavy (non-hydrogen) atoms. The minimum atomic E-state index is -0.0727. The Kier molecular flexibility index (Phi) is 4.56. The number of anilines is 1. The number of aromatic nitrogens is 3. The van der Waals surface area contributed by atoms with E-state index < -0.39 is 0 Å². The van der Waals surface area contributed by atoms with Crippen molar-refractivity contribution < 1.29 is 0 Å². The molecule has 0 aliphatic rings. The third-order valence-corrected chi connectivity index (χ3v) is 3.34. The summed E-state index contributed by atoms with van der Waals surface area (Å²) in [7, 11) is 0. The van der Waals surface area contributed by atoms with Crippen LogP contribution in [0.5, 0.6) is 0 Å². The first-order valence-corrected chi connectivity index (χ1v) is 7.43. The standard InChI is InChI=1S/C17H24N4/c1-6-18-15-12(2)14(11-13-9-7-8-10-19-13)20-16(21-15)17(3,4)5/h7-10H,6,11H2,1-5H3,(H,18,20,21). The Morgan fingerprint density at radius 2 is 1.90 bits per heavy atom. The molecule has 2 rings (SSSR count). The zero-order valence-electron chi connectivity index (χ0n) is 13.6. The van der Waals surface area contributed by atoms with E-state index in [-0.39, 0.29) is 5.41 Å². The van der Waals surface area contributed by atoms with Gasteiger partial charge in [-0.05, 0) is 26.0 Å². The maximum absolute atomic E-state index is 4.79. The summed E-state index contributed by atoms with van der Waals surface area (Å²) in [5.41, 5.74) is 3.11. The van der Waals surface area contributed by atoms with Gasteiger partial charge in [0.2, 0.25) is 0 Å². The normalized spacial score (nSPS) is 11.5. The van der Waals surface area contributed by atoms with Gasteiger partial charge in [0.1, 0.15) is 11.6 Å². The van der Waals surface area contributed by atoms with Crippen LogP contribution in [-0.2, 0) is 11.8 Å². The maximum atomic E-state index is 4.79. The molecule has 0 radical (unpaired) electrons. The van der Waals surface area contributed by atoms with Crippen LogP contribution in [0.15, 0.2) is 24.4 Å². The molecule has 112 valence electrons. The van der Waals surface area contributed by atoms with Crippen LogP contribution < -0.4 is 5.32 Å². The molecule has 0 aliphatic carbocycles. The van der Waals surface area contributed by atoms with Crippen molar-refractivity contribution in [2.24, 2.45) is 0 Å². The fraction of sp³-hybridized carbons (Fsp3) is 0.471. The quantitative estimate of drug-likeness (QED) is 0.933. The van der Waals surface area contributed by atoms with Crippen molar-refractivity contribution in [1.29, 1.82) is 0 Å². The fourth-order valence-corrected chi connectivity index (χ4v) is 2.08. The van der Waals surface area contributed by atoms with Crippen LogP contribution in [0.4, 0.5) is 5.82 Å². The molecule has 0 saturated carbocycles. The lowest BCUT2D eigenvalue weighted by molar-refractivity contribution is 0.542. The lowest BCUT2D eigenvalue weighted by Gasteiger charge is -2.20. The third-order valence-electron chi connectivity index (χ3n) is 3.34. The minimum Gasteiger partial charge on any atom is -0.370 e. The van der Waals surface area contributed by atoms with Gasteiger partial charge < -0.3 is 5.32 Å². The summed E-state index contributed by atoms with van der Waals surface area (Å²) >= 11 is 0. The molecule has 0 spiro atoms. The van der Waals surface area contributed by atoms with Gasteiger partial charge in [0.25, 0.3) is 0 Å². The monoisotopic (exact) mass is 284 g/mol. The van der Waals surface area contributed by atoms with E-state index in [2.05, 4.69) is 44.9 Å². The summed E-state index contributed by atoms with van der Waals surface area (Å²) in [5, 5.41) is 3.34. The first-order valence-electron chi connectivity index (χ1n) is 7.43. The van der Waals surface area contributed by atoms with E-state index in [0.29, 0.717) is 0 Å². The Morgan fingerprint density at radius 1 is 1.14 bits per heavy atom. The van der Waals surface area contributed by atoms with Crippen LogP contribution in [0.25, 0.3) is 0 Å². The smallest absolute Gasteiger partial charge is 0.136 e. The van der Waals surface area contributed by atoms with Crippen LogP contribution in [-0.4, -0.2) is 21.5 Å². The molecule has 0 unspecified atom stereocenters. The van der Waals surface area contributed by atoms with E-state index in [1.54, 1.807) is 0 Å². The van der Waals surface area contributed by atoms with Crippen molar-refractivity contribution in [3.8, 4) is 0 Å². The van der Waals surface area contributed by atoms with Crippen LogP contribution in [0.3, 0.4) is 0 Å². The van der Waals surface area contributed by atoms with Crippen molar-refractivity contribution in [3.05, 3.63) is 47.2 Å². The second-order valence-electron chi connectivity index (χ2n) is 6.25. The SMILES string of the molecule is CCNc1nc(C(C)(C)C)nc(Cc2ccccn2)c1C. The van der Waals surface area contributed by atoms with E-state index in [0.717, 1.165) is 41.6 Å². The third kappa shape index (κ3) is 3.78. The summed E-state index contributed by atoms with van der Waals surface area (Å²) in [6.07, 6.45) is 2.55. The lowest BCUT2D eigenvalue weighted by Crippen LogP contribution is -2.20. The maximum Gasteiger partial charge on any atom is 0.136 e. The van der Waals surface area contributed by atoms with Crippen LogP contribution in [0, 0.1) is 6.92 Å². The Hall–Kier alpha value is -1.97. The van der Waals surface area contributed by atoms with E-state index in [4.69, 9.17) is 9.97 Å². The summed E-state index contributed by atoms with van der Waals surface area (Å²) < 4.78 is 0. The number of hydrogen-bond acceptors (Lipinski definition) is 4. The summed E-state index contributed by atoms with van der Waals surface area (Å²) in [6.45, 7) is 11.4. The van der Waals surface area contributed by atoms with Crippen molar-refractivity contribution in [2.75, 3.05) is 11.9 Å². The highest BCUT2D eigenvalue weighted by Gasteiger charge is 2.21. The van der Waals surface area contributed by atoms with Crippen LogP contribution >= 0.6 is 0 Å². The molecule has 0 atom stereocenters. The molecule has 2 heterocycles. The number of rotatable bonds is 4. The molecule has 2 aromatic rings. The van der Waals surface area contributed by atoms with E-state index in [9.17, 15) is 0 Å². The van der Waals surface area contributed by atoms with Gasteiger partial charge in [0, 0.05) is 35.8 Å². The van der Waals surface area contributed by atoms with Crippen molar-refractivity contribution in [2.45, 2.75) is 46.5 Å². The lowest BCUT2D eigenvalue weighted by atomic mass is 9.95. The van der Waals surface area contributed by atoms with Crippen molar-refractivity contribution >= 4 is 5.82 Å². The molecule has 0 aromatic carbocycles. The average molecular weight is 284 g/mol. The molecule has 0 bridgehead atoms. The Bertz CT molecular complexity index is 600. The molecule has 0 saturated heterocycles. The minimum absolute atomic E-state index is 0.0727. The first kappa shape index (κ1) is 15.4. The molecule has 0 fully saturated rings. The van der Waals surface area contributed by atoms with Gasteiger partial charge in [-0.2, -0.15) is 0 Å². The number of hydrogen-bond donors (Lipinski definition) is 1. The molecule has 0 aliphatic heterocycles. The summed E-state index contributed by atoms with van der Waals surface area (Å²) in [6, 6.07) is 5.97. The van der Waals surface area contributed by atoms with Crippen LogP contribution in [0.2, 0.25) is 0 Å². The zero-order chi connectivity index (χ0) is 15.5. The first-order chi connectivity index (χ1) is 9.91. The second kappa shape index (κ2) is 6.20. The molecule has 4 heteroatoms. The predicted octanol–water partition coefficient (Wildman–Crippen LogP) is 3.50. The van der Waals surface area contributed by atoms with E-state index in [1.807, 2.05) is 24.4 Å². The second-order valence-corrected chi connectivity index (χ2v) is 6.25. The van der Waals surface area contributed by atoms with Gasteiger partial charge in [-0.15, -0.1) is 0 Å². The molecule has 1 N–H and O–H groups in total. The number of nitrogens with zero attached hydrogens (tertiary/aromatic N) is 3. The molecular weight excluding hydrogens is 260 g/mol. The topological polar surface area (TPSA) is 50.7 Å². The molecule has 4 nitrogen and oxygen atoms in total.